The van der Waals surface area contributed by atoms with E-state index in [0.717, 1.165) is 52.1 Å². The Morgan fingerprint density at radius 1 is 1.33 bits per heavy atom. The zero-order chi connectivity index (χ0) is 22.9. The van der Waals surface area contributed by atoms with Crippen molar-refractivity contribution in [3.63, 3.8) is 0 Å². The van der Waals surface area contributed by atoms with Gasteiger partial charge in [-0.05, 0) is 41.8 Å². The van der Waals surface area contributed by atoms with Crippen molar-refractivity contribution in [1.29, 1.82) is 5.41 Å². The lowest BCUT2D eigenvalue weighted by atomic mass is 9.94. The number of rotatable bonds is 6. The molecule has 1 saturated heterocycles. The van der Waals surface area contributed by atoms with Crippen molar-refractivity contribution in [2.45, 2.75) is 19.6 Å². The third-order valence-corrected chi connectivity index (χ3v) is 6.48. The molecule has 0 bridgehead atoms. The Morgan fingerprint density at radius 2 is 2.21 bits per heavy atom. The van der Waals surface area contributed by atoms with Crippen molar-refractivity contribution >= 4 is 28.9 Å². The fraction of sp³-hybridized carbons (Fsp3) is 0.320. The molecule has 2 aliphatic heterocycles. The fourth-order valence-electron chi connectivity index (χ4n) is 4.60. The van der Waals surface area contributed by atoms with Crippen LogP contribution in [0.25, 0.3) is 11.0 Å². The van der Waals surface area contributed by atoms with Gasteiger partial charge >= 0.3 is 5.97 Å². The average molecular weight is 446 g/mol. The van der Waals surface area contributed by atoms with Crippen LogP contribution in [0.3, 0.4) is 0 Å². The number of carbonyl (C=O) groups is 1. The number of morpholine rings is 1. The van der Waals surface area contributed by atoms with Crippen LogP contribution in [-0.4, -0.2) is 52.9 Å². The zero-order valence-corrected chi connectivity index (χ0v) is 18.8. The van der Waals surface area contributed by atoms with E-state index in [1.54, 1.807) is 6.20 Å². The minimum Gasteiger partial charge on any atom is -0.457 e. The third kappa shape index (κ3) is 4.03. The van der Waals surface area contributed by atoms with Crippen LogP contribution in [0.2, 0.25) is 0 Å². The first-order valence-corrected chi connectivity index (χ1v) is 11.0. The Kier molecular flexibility index (Phi) is 5.70. The summed E-state index contributed by atoms with van der Waals surface area (Å²) in [6.07, 6.45) is 6.98. The molecule has 8 nitrogen and oxygen atoms in total. The molecule has 0 unspecified atom stereocenters. The molecule has 5 rings (SSSR count). The van der Waals surface area contributed by atoms with E-state index < -0.39 is 0 Å². The first-order chi connectivity index (χ1) is 16.0. The number of aryl methyl sites for hydroxylation is 1. The van der Waals surface area contributed by atoms with Crippen molar-refractivity contribution in [1.82, 2.24) is 14.5 Å². The molecule has 0 radical (unpaired) electrons. The number of benzene rings is 1. The predicted octanol–water partition coefficient (Wildman–Crippen LogP) is 3.57. The van der Waals surface area contributed by atoms with Gasteiger partial charge in [0.25, 0.3) is 0 Å². The molecule has 170 valence electrons. The van der Waals surface area contributed by atoms with Crippen molar-refractivity contribution in [3.05, 3.63) is 70.7 Å². The highest BCUT2D eigenvalue weighted by molar-refractivity contribution is 5.94. The van der Waals surface area contributed by atoms with E-state index in [2.05, 4.69) is 15.2 Å². The van der Waals surface area contributed by atoms with Crippen LogP contribution < -0.4 is 5.32 Å². The van der Waals surface area contributed by atoms with Crippen LogP contribution in [0.15, 0.2) is 48.4 Å². The van der Waals surface area contributed by atoms with Crippen LogP contribution in [0.5, 0.6) is 0 Å². The van der Waals surface area contributed by atoms with Gasteiger partial charge in [0.15, 0.2) is 0 Å². The van der Waals surface area contributed by atoms with Crippen molar-refractivity contribution in [2.75, 3.05) is 31.6 Å². The van der Waals surface area contributed by atoms with Gasteiger partial charge in [-0.25, -0.2) is 9.78 Å². The maximum atomic E-state index is 11.8. The molecule has 2 aromatic heterocycles. The number of fused-ring (bicyclic) bond motifs is 2. The van der Waals surface area contributed by atoms with Crippen LogP contribution in [-0.2, 0) is 23.1 Å². The van der Waals surface area contributed by atoms with Gasteiger partial charge in [0, 0.05) is 62.4 Å². The molecule has 0 amide bonds. The van der Waals surface area contributed by atoms with E-state index in [1.165, 1.54) is 6.21 Å². The third-order valence-electron chi connectivity index (χ3n) is 6.48. The van der Waals surface area contributed by atoms with Gasteiger partial charge in [-0.2, -0.15) is 0 Å². The molecular formula is C25H27N5O3. The summed E-state index contributed by atoms with van der Waals surface area (Å²) in [4.78, 5) is 18.6. The van der Waals surface area contributed by atoms with E-state index >= 15 is 0 Å². The second kappa shape index (κ2) is 8.80. The van der Waals surface area contributed by atoms with Crippen LogP contribution in [0.1, 0.15) is 33.2 Å². The number of pyridine rings is 1. The van der Waals surface area contributed by atoms with E-state index in [0.29, 0.717) is 25.3 Å². The topological polar surface area (TPSA) is 92.5 Å². The summed E-state index contributed by atoms with van der Waals surface area (Å²) in [6, 6.07) is 7.81. The number of hydrogen-bond acceptors (Lipinski definition) is 7. The molecule has 33 heavy (non-hydrogen) atoms. The Bertz CT molecular complexity index is 1260. The maximum absolute atomic E-state index is 11.8. The minimum atomic E-state index is -0.249. The number of anilines is 1. The number of nitrogens with zero attached hydrogens (tertiary/aromatic N) is 3. The van der Waals surface area contributed by atoms with Gasteiger partial charge in [-0.3, -0.25) is 4.90 Å². The second-order valence-corrected chi connectivity index (χ2v) is 8.51. The molecule has 2 N–H and O–H groups in total. The molecule has 3 aromatic rings. The highest BCUT2D eigenvalue weighted by atomic mass is 16.5. The molecule has 0 aliphatic carbocycles. The highest BCUT2D eigenvalue weighted by Gasteiger charge is 2.29. The fourth-order valence-corrected chi connectivity index (χ4v) is 4.60. The molecule has 0 saturated carbocycles. The normalized spacial score (nSPS) is 18.9. The average Bonchev–Trinajstić information content (AvgIpc) is 3.40. The zero-order valence-electron chi connectivity index (χ0n) is 18.8. The maximum Gasteiger partial charge on any atom is 0.338 e. The van der Waals surface area contributed by atoms with Crippen molar-refractivity contribution < 1.29 is 14.3 Å². The number of carbonyl (C=O) groups excluding carboxylic acids is 1. The minimum absolute atomic E-state index is 0.0798. The molecule has 1 atom stereocenters. The van der Waals surface area contributed by atoms with Crippen LogP contribution in [0, 0.1) is 12.3 Å². The van der Waals surface area contributed by atoms with Crippen LogP contribution in [0.4, 0.5) is 5.69 Å². The lowest BCUT2D eigenvalue weighted by Crippen LogP contribution is -2.39. The van der Waals surface area contributed by atoms with Gasteiger partial charge < -0.3 is 24.8 Å². The second-order valence-electron chi connectivity index (χ2n) is 8.51. The summed E-state index contributed by atoms with van der Waals surface area (Å²) in [7, 11) is 1.97. The van der Waals surface area contributed by atoms with Crippen LogP contribution >= 0.6 is 0 Å². The van der Waals surface area contributed by atoms with Gasteiger partial charge in [0.1, 0.15) is 12.3 Å². The molecule has 0 spiro atoms. The number of nitrogens with one attached hydrogen (secondary N) is 2. The molecular weight excluding hydrogens is 418 g/mol. The van der Waals surface area contributed by atoms with E-state index in [-0.39, 0.29) is 12.1 Å². The number of ether oxygens (including phenoxy) is 2. The van der Waals surface area contributed by atoms with E-state index in [9.17, 15) is 4.79 Å². The SMILES string of the molecule is Cc1c([C@@H]2CN(C/C(C=N)=C/Nc3ccnc4c3ccn4C)CCO2)ccc2c1COC2=O. The molecule has 1 fully saturated rings. The largest absolute Gasteiger partial charge is 0.457 e. The molecule has 8 heteroatoms. The Balaban J connectivity index is 1.29. The lowest BCUT2D eigenvalue weighted by molar-refractivity contribution is -0.0267. The number of cyclic esters (lactones) is 1. The summed E-state index contributed by atoms with van der Waals surface area (Å²) >= 11 is 0. The van der Waals surface area contributed by atoms with E-state index in [4.69, 9.17) is 14.9 Å². The summed E-state index contributed by atoms with van der Waals surface area (Å²) < 4.78 is 13.3. The Morgan fingerprint density at radius 3 is 3.06 bits per heavy atom. The van der Waals surface area contributed by atoms with Crippen molar-refractivity contribution in [2.24, 2.45) is 7.05 Å². The molecule has 2 aliphatic rings. The summed E-state index contributed by atoms with van der Waals surface area (Å²) in [5.41, 5.74) is 6.54. The summed E-state index contributed by atoms with van der Waals surface area (Å²) in [6.45, 7) is 5.14. The van der Waals surface area contributed by atoms with Gasteiger partial charge in [-0.1, -0.05) is 6.07 Å². The lowest BCUT2D eigenvalue weighted by Gasteiger charge is -2.34. The predicted molar refractivity (Wildman–Crippen MR) is 127 cm³/mol. The Hall–Kier alpha value is -3.49. The van der Waals surface area contributed by atoms with Crippen molar-refractivity contribution in [3.8, 4) is 0 Å². The van der Waals surface area contributed by atoms with Gasteiger partial charge in [0.05, 0.1) is 24.0 Å². The summed E-state index contributed by atoms with van der Waals surface area (Å²) in [5, 5.41) is 12.3. The summed E-state index contributed by atoms with van der Waals surface area (Å²) in [5.74, 6) is -0.249. The smallest absolute Gasteiger partial charge is 0.338 e. The Labute approximate surface area is 192 Å². The van der Waals surface area contributed by atoms with E-state index in [1.807, 2.05) is 55.2 Å². The van der Waals surface area contributed by atoms with Gasteiger partial charge in [0.2, 0.25) is 0 Å². The highest BCUT2D eigenvalue weighted by Crippen LogP contribution is 2.32. The molecule has 1 aromatic carbocycles. The van der Waals surface area contributed by atoms with Gasteiger partial charge in [-0.15, -0.1) is 0 Å². The standard InChI is InChI=1S/C25H27N5O3/c1-16-18(3-4-19-21(16)15-33-25(19)31)23-14-30(9-10-32-23)13-17(11-26)12-28-22-5-7-27-24-20(22)6-8-29(24)2/h3-8,11-12,23,26H,9-10,13-15H2,1-2H3,(H,27,28)/b17-12+,26-11?/t23-/m0/s1. The number of esters is 1. The quantitative estimate of drug-likeness (QED) is 0.445. The number of aromatic nitrogens is 2. The molecule has 4 heterocycles. The number of hydrogen-bond donors (Lipinski definition) is 2. The first-order valence-electron chi connectivity index (χ1n) is 11.0. The first kappa shape index (κ1) is 21.4. The monoisotopic (exact) mass is 445 g/mol.